The quantitative estimate of drug-likeness (QED) is 0.129. The zero-order valence-electron chi connectivity index (χ0n) is 86.5. The molecule has 0 saturated heterocycles. The Balaban J connectivity index is 0.000000108. The Morgan fingerprint density at radius 1 is 0.174 bits per heavy atom. The maximum Gasteiger partial charge on any atom is 0.0585 e. The number of fused-ring (bicyclic) bond motifs is 25. The predicted octanol–water partition coefficient (Wildman–Crippen LogP) is 38.4. The van der Waals surface area contributed by atoms with Crippen LogP contribution in [0.25, 0.3) is 149 Å². The maximum absolute atomic E-state index is 2.57. The number of hydrogen-bond donors (Lipinski definition) is 0. The summed E-state index contributed by atoms with van der Waals surface area (Å²) in [5, 5.41) is 10.7. The van der Waals surface area contributed by atoms with Crippen molar-refractivity contribution < 1.29 is 0 Å². The fourth-order valence-electron chi connectivity index (χ4n) is 27.3. The first kappa shape index (κ1) is 89.3. The molecule has 149 heavy (non-hydrogen) atoms. The summed E-state index contributed by atoms with van der Waals surface area (Å²) in [6.45, 7) is 31.1. The first-order valence-corrected chi connectivity index (χ1v) is 52.9. The molecule has 0 radical (unpaired) electrons. The molecule has 24 aromatic rings. The zero-order chi connectivity index (χ0) is 101. The molecular formula is C143H114N6. The Morgan fingerprint density at radius 2 is 0.517 bits per heavy atom. The molecule has 0 saturated carbocycles. The van der Waals surface area contributed by atoms with E-state index >= 15 is 0 Å². The van der Waals surface area contributed by atoms with Crippen molar-refractivity contribution in [1.82, 2.24) is 13.7 Å². The van der Waals surface area contributed by atoms with Gasteiger partial charge in [-0.15, -0.1) is 0 Å². The summed E-state index contributed by atoms with van der Waals surface area (Å²) in [7, 11) is 0. The molecule has 6 heteroatoms. The van der Waals surface area contributed by atoms with Crippen LogP contribution in [0.2, 0.25) is 0 Å². The van der Waals surface area contributed by atoms with Gasteiger partial charge in [0.15, 0.2) is 0 Å². The number of para-hydroxylation sites is 9. The van der Waals surface area contributed by atoms with Crippen LogP contribution in [-0.4, -0.2) is 13.7 Å². The lowest BCUT2D eigenvalue weighted by Gasteiger charge is -2.37. The molecule has 30 rings (SSSR count). The van der Waals surface area contributed by atoms with E-state index in [1.807, 2.05) is 0 Å². The molecule has 3 aliphatic heterocycles. The first-order chi connectivity index (χ1) is 72.4. The van der Waals surface area contributed by atoms with Gasteiger partial charge in [0, 0.05) is 116 Å². The standard InChI is InChI=1S/C52H40N2.C49H40N2.C42H34N2/c1-51(2)42-24-14-15-26-47(42)54-48-32-44-39(31-40(48)41-29-34(30-45(51)50(41)54)33-17-8-5-9-18-33)37-27-28-46(38-23-16-25-43(49(37)38)52(44,3)4)53(35-19-10-6-11-20-35)36-21-12-7-13-22-36;1-31-19-23-34(24-20-31)50(35-25-21-33(22-26-35)32-13-7-6-8-14-32)36-27-28-37-39-30-42-47-45(46(39)49(4,5)41(37)29-36)38-15-9-11-17-43(38)51(47)44-18-12-10-16-40(44)48(42,2)3;1-41(2)33-20-12-14-22-37(33)44-36-21-13-11-19-31(36)38-39-32(26-35(41)40(38)44)30-24-23-29(25-34(30)42(39,3)4)43(27-15-7-5-8-16-27)28-17-9-6-10-18-28/h5-32H,1-4H3;6-30H,1-5H3;5-26H,1-4H3. The van der Waals surface area contributed by atoms with Gasteiger partial charge in [-0.25, -0.2) is 0 Å². The van der Waals surface area contributed by atoms with Crippen molar-refractivity contribution in [3.8, 4) is 72.7 Å². The third kappa shape index (κ3) is 13.1. The van der Waals surface area contributed by atoms with Crippen LogP contribution in [0.3, 0.4) is 0 Å². The van der Waals surface area contributed by atoms with Gasteiger partial charge in [0.25, 0.3) is 0 Å². The van der Waals surface area contributed by atoms with Gasteiger partial charge in [-0.3, -0.25) is 0 Å². The normalized spacial score (nSPS) is 14.8. The molecule has 3 aliphatic carbocycles. The van der Waals surface area contributed by atoms with Crippen LogP contribution in [0.1, 0.15) is 155 Å². The Hall–Kier alpha value is -17.3. The highest BCUT2D eigenvalue weighted by Gasteiger charge is 2.48. The number of rotatable bonds is 11. The molecule has 0 bridgehead atoms. The summed E-state index contributed by atoms with van der Waals surface area (Å²) < 4.78 is 7.66. The number of aryl methyl sites for hydroxylation is 1. The molecule has 6 nitrogen and oxygen atoms in total. The fraction of sp³-hybridized carbons (Fsp3) is 0.133. The number of benzene rings is 21. The maximum atomic E-state index is 2.57. The molecule has 6 aliphatic rings. The second-order valence-corrected chi connectivity index (χ2v) is 45.1. The lowest BCUT2D eigenvalue weighted by Crippen LogP contribution is -2.27. The summed E-state index contributed by atoms with van der Waals surface area (Å²) in [5.74, 6) is 0. The van der Waals surface area contributed by atoms with Gasteiger partial charge in [0.2, 0.25) is 0 Å². The Bertz CT molecular complexity index is 9590. The average molecular weight is 1920 g/mol. The van der Waals surface area contributed by atoms with Crippen molar-refractivity contribution in [3.05, 3.63) is 527 Å². The third-order valence-electron chi connectivity index (χ3n) is 34.6. The number of anilines is 9. The summed E-state index contributed by atoms with van der Waals surface area (Å²) in [6, 6.07) is 168. The van der Waals surface area contributed by atoms with E-state index in [4.69, 9.17) is 0 Å². The van der Waals surface area contributed by atoms with Crippen molar-refractivity contribution in [2.75, 3.05) is 14.7 Å². The van der Waals surface area contributed by atoms with Crippen molar-refractivity contribution in [2.24, 2.45) is 0 Å². The summed E-state index contributed by atoms with van der Waals surface area (Å²) in [4.78, 5) is 7.19. The molecule has 0 fully saturated rings. The van der Waals surface area contributed by atoms with Crippen LogP contribution in [0.5, 0.6) is 0 Å². The van der Waals surface area contributed by atoms with E-state index in [-0.39, 0.29) is 32.5 Å². The fourth-order valence-corrected chi connectivity index (χ4v) is 27.3. The van der Waals surface area contributed by atoms with E-state index in [1.54, 1.807) is 0 Å². The smallest absolute Gasteiger partial charge is 0.0585 e. The lowest BCUT2D eigenvalue weighted by atomic mass is 9.68. The minimum Gasteiger partial charge on any atom is -0.310 e. The van der Waals surface area contributed by atoms with E-state index < -0.39 is 0 Å². The van der Waals surface area contributed by atoms with Gasteiger partial charge in [0.1, 0.15) is 0 Å². The number of hydrogen-bond acceptors (Lipinski definition) is 3. The lowest BCUT2D eigenvalue weighted by molar-refractivity contribution is 0.628. The highest BCUT2D eigenvalue weighted by Crippen LogP contribution is 2.64. The molecular weight excluding hydrogens is 1800 g/mol. The minimum atomic E-state index is -0.235. The first-order valence-electron chi connectivity index (χ1n) is 52.9. The molecule has 0 N–H and O–H groups in total. The van der Waals surface area contributed by atoms with Crippen LogP contribution < -0.4 is 14.7 Å². The third-order valence-corrected chi connectivity index (χ3v) is 34.6. The molecule has 3 aromatic heterocycles. The number of nitrogens with zero attached hydrogens (tertiary/aromatic N) is 6. The van der Waals surface area contributed by atoms with Gasteiger partial charge in [-0.1, -0.05) is 374 Å². The topological polar surface area (TPSA) is 24.5 Å². The van der Waals surface area contributed by atoms with Gasteiger partial charge in [-0.05, 0) is 305 Å². The van der Waals surface area contributed by atoms with Gasteiger partial charge in [-0.2, -0.15) is 0 Å². The van der Waals surface area contributed by atoms with Gasteiger partial charge in [0.05, 0.1) is 55.8 Å². The molecule has 21 aromatic carbocycles. The van der Waals surface area contributed by atoms with Crippen LogP contribution in [-0.2, 0) is 32.5 Å². The largest absolute Gasteiger partial charge is 0.310 e. The molecule has 6 heterocycles. The Labute approximate surface area is 872 Å². The highest BCUT2D eigenvalue weighted by atomic mass is 15.2. The predicted molar refractivity (Wildman–Crippen MR) is 629 cm³/mol. The van der Waals surface area contributed by atoms with Crippen LogP contribution >= 0.6 is 0 Å². The summed E-state index contributed by atoms with van der Waals surface area (Å²) >= 11 is 0. The molecule has 0 unspecified atom stereocenters. The summed E-state index contributed by atoms with van der Waals surface area (Å²) in [5.41, 5.74) is 52.1. The second kappa shape index (κ2) is 32.8. The second-order valence-electron chi connectivity index (χ2n) is 45.1. The summed E-state index contributed by atoms with van der Waals surface area (Å²) in [6.07, 6.45) is 0. The van der Waals surface area contributed by atoms with Crippen molar-refractivity contribution in [2.45, 2.75) is 122 Å². The van der Waals surface area contributed by atoms with E-state index in [0.29, 0.717) is 0 Å². The van der Waals surface area contributed by atoms with Crippen molar-refractivity contribution >= 4 is 127 Å². The molecule has 0 amide bonds. The molecule has 716 valence electrons. The van der Waals surface area contributed by atoms with Crippen LogP contribution in [0, 0.1) is 6.92 Å². The SMILES string of the molecule is CC1(C)c2cc(N(c3ccccc3)c3ccccc3)ccc2-c2cc3c4c(c21)c1ccccc1n4-c1ccccc1C3(C)C.CC1(C)c2cc3c(cc2-c2ccc(N(c4ccccc4)c4ccccc4)c4cccc1c24)c1cc(-c2ccccc2)cc2c1n3-c1ccccc1C2(C)C.Cc1ccc(N(c2ccc(-c3ccccc3)cc2)c2ccc3c(c2)C(C)(C)c2c-3cc3c4c2c2ccccc2n4-c2ccccc2C3(C)C)cc1. The van der Waals surface area contributed by atoms with Crippen LogP contribution in [0.4, 0.5) is 51.2 Å². The average Bonchev–Trinajstić information content (AvgIpc) is 1.86. The van der Waals surface area contributed by atoms with E-state index in [1.165, 1.54) is 238 Å². The van der Waals surface area contributed by atoms with E-state index in [9.17, 15) is 0 Å². The van der Waals surface area contributed by atoms with Gasteiger partial charge < -0.3 is 28.4 Å². The minimum absolute atomic E-state index is 0.126. The van der Waals surface area contributed by atoms with E-state index in [2.05, 4.69) is 573 Å². The zero-order valence-corrected chi connectivity index (χ0v) is 86.5. The Morgan fingerprint density at radius 3 is 0.980 bits per heavy atom. The highest BCUT2D eigenvalue weighted by molar-refractivity contribution is 6.21. The van der Waals surface area contributed by atoms with Crippen molar-refractivity contribution in [3.63, 3.8) is 0 Å². The van der Waals surface area contributed by atoms with Crippen molar-refractivity contribution in [1.29, 1.82) is 0 Å². The monoisotopic (exact) mass is 1910 g/mol. The molecule has 0 atom stereocenters. The van der Waals surface area contributed by atoms with Gasteiger partial charge >= 0.3 is 0 Å². The van der Waals surface area contributed by atoms with E-state index in [0.717, 1.165) is 34.1 Å². The molecule has 0 spiro atoms. The van der Waals surface area contributed by atoms with Crippen LogP contribution in [0.15, 0.2) is 455 Å². The number of aromatic nitrogens is 3. The Kier molecular flexibility index (Phi) is 19.7.